The Labute approximate surface area is 152 Å². The molecule has 5 nitrogen and oxygen atoms in total. The molecule has 0 bridgehead atoms. The molecule has 1 atom stereocenters. The number of rotatable bonds is 6. The Balaban J connectivity index is 1.68. The van der Waals surface area contributed by atoms with E-state index in [2.05, 4.69) is 23.4 Å². The summed E-state index contributed by atoms with van der Waals surface area (Å²) in [6, 6.07) is 4.00. The van der Waals surface area contributed by atoms with Gasteiger partial charge < -0.3 is 14.2 Å². The van der Waals surface area contributed by atoms with Crippen molar-refractivity contribution in [3.63, 3.8) is 0 Å². The second-order valence-corrected chi connectivity index (χ2v) is 7.88. The van der Waals surface area contributed by atoms with Gasteiger partial charge in [0.25, 0.3) is 0 Å². The number of ether oxygens (including phenoxy) is 1. The van der Waals surface area contributed by atoms with Gasteiger partial charge in [0.2, 0.25) is 5.91 Å². The normalized spacial score (nSPS) is 17.9. The van der Waals surface area contributed by atoms with Crippen LogP contribution >= 0.6 is 11.3 Å². The van der Waals surface area contributed by atoms with Gasteiger partial charge in [-0.1, -0.05) is 19.9 Å². The van der Waals surface area contributed by atoms with Crippen LogP contribution in [-0.2, 0) is 22.6 Å². The number of aromatic nitrogens is 2. The van der Waals surface area contributed by atoms with E-state index in [-0.39, 0.29) is 11.8 Å². The van der Waals surface area contributed by atoms with E-state index in [9.17, 15) is 4.79 Å². The molecule has 0 aromatic carbocycles. The first-order valence-corrected chi connectivity index (χ1v) is 9.57. The van der Waals surface area contributed by atoms with E-state index in [1.807, 2.05) is 41.0 Å². The number of carbonyl (C=O) groups excluding carboxylic acids is 1. The highest BCUT2D eigenvalue weighted by atomic mass is 32.1. The number of hydrogen-bond acceptors (Lipinski definition) is 4. The fourth-order valence-electron chi connectivity index (χ4n) is 2.94. The Morgan fingerprint density at radius 3 is 3.12 bits per heavy atom. The topological polar surface area (TPSA) is 47.4 Å². The number of fused-ring (bicyclic) bond motifs is 1. The predicted octanol–water partition coefficient (Wildman–Crippen LogP) is 3.29. The van der Waals surface area contributed by atoms with E-state index in [0.717, 1.165) is 23.7 Å². The SMILES string of the molecule is CC(C)COCC1CN(C(=O)/C=C/c2cccs2)Cc2cncn2C1. The number of hydrogen-bond donors (Lipinski definition) is 0. The molecule has 3 heterocycles. The maximum absolute atomic E-state index is 12.7. The molecule has 0 saturated heterocycles. The molecule has 25 heavy (non-hydrogen) atoms. The van der Waals surface area contributed by atoms with Crippen LogP contribution in [0.4, 0.5) is 0 Å². The lowest BCUT2D eigenvalue weighted by molar-refractivity contribution is -0.127. The lowest BCUT2D eigenvalue weighted by Gasteiger charge is -2.23. The second-order valence-electron chi connectivity index (χ2n) is 6.90. The van der Waals surface area contributed by atoms with Gasteiger partial charge in [-0.25, -0.2) is 4.98 Å². The van der Waals surface area contributed by atoms with Crippen LogP contribution in [-0.4, -0.2) is 40.1 Å². The van der Waals surface area contributed by atoms with Crippen LogP contribution in [0.2, 0.25) is 0 Å². The summed E-state index contributed by atoms with van der Waals surface area (Å²) in [5.74, 6) is 0.825. The maximum atomic E-state index is 12.7. The molecule has 0 saturated carbocycles. The molecule has 2 aromatic rings. The molecule has 1 amide bonds. The molecule has 0 N–H and O–H groups in total. The molecule has 0 radical (unpaired) electrons. The van der Waals surface area contributed by atoms with Crippen molar-refractivity contribution in [2.24, 2.45) is 11.8 Å². The van der Waals surface area contributed by atoms with Gasteiger partial charge in [0.15, 0.2) is 0 Å². The molecule has 1 aliphatic heterocycles. The van der Waals surface area contributed by atoms with Crippen LogP contribution in [0.5, 0.6) is 0 Å². The number of nitrogens with zero attached hydrogens (tertiary/aromatic N) is 3. The Morgan fingerprint density at radius 2 is 2.36 bits per heavy atom. The van der Waals surface area contributed by atoms with Crippen molar-refractivity contribution in [3.8, 4) is 0 Å². The lowest BCUT2D eigenvalue weighted by atomic mass is 10.1. The quantitative estimate of drug-likeness (QED) is 0.744. The van der Waals surface area contributed by atoms with E-state index >= 15 is 0 Å². The van der Waals surface area contributed by atoms with E-state index in [0.29, 0.717) is 25.6 Å². The lowest BCUT2D eigenvalue weighted by Crippen LogP contribution is -2.34. The number of carbonyl (C=O) groups is 1. The minimum atomic E-state index is 0.0388. The third-order valence-corrected chi connectivity index (χ3v) is 4.97. The molecule has 0 aliphatic carbocycles. The first kappa shape index (κ1) is 17.9. The highest BCUT2D eigenvalue weighted by molar-refractivity contribution is 7.10. The van der Waals surface area contributed by atoms with Gasteiger partial charge in [0, 0.05) is 42.8 Å². The Kier molecular flexibility index (Phi) is 6.04. The summed E-state index contributed by atoms with van der Waals surface area (Å²) >= 11 is 1.63. The number of imidazole rings is 1. The van der Waals surface area contributed by atoms with E-state index in [1.165, 1.54) is 0 Å². The fraction of sp³-hybridized carbons (Fsp3) is 0.474. The molecule has 6 heteroatoms. The zero-order chi connectivity index (χ0) is 17.6. The molecule has 1 unspecified atom stereocenters. The fourth-order valence-corrected chi connectivity index (χ4v) is 3.56. The molecule has 2 aromatic heterocycles. The Hall–Kier alpha value is -1.92. The molecule has 134 valence electrons. The van der Waals surface area contributed by atoms with Crippen LogP contribution in [0.1, 0.15) is 24.4 Å². The van der Waals surface area contributed by atoms with Crippen molar-refractivity contribution < 1.29 is 9.53 Å². The summed E-state index contributed by atoms with van der Waals surface area (Å²) in [6.45, 7) is 7.83. The molecule has 0 spiro atoms. The predicted molar refractivity (Wildman–Crippen MR) is 100 cm³/mol. The first-order valence-electron chi connectivity index (χ1n) is 8.69. The molecule has 1 aliphatic rings. The summed E-state index contributed by atoms with van der Waals surface area (Å²) in [5, 5.41) is 2.01. The van der Waals surface area contributed by atoms with E-state index in [1.54, 1.807) is 17.4 Å². The van der Waals surface area contributed by atoms with E-state index < -0.39 is 0 Å². The van der Waals surface area contributed by atoms with Crippen molar-refractivity contribution in [3.05, 3.63) is 46.7 Å². The van der Waals surface area contributed by atoms with Gasteiger partial charge in [0.05, 0.1) is 25.2 Å². The third kappa shape index (κ3) is 5.03. The van der Waals surface area contributed by atoms with Gasteiger partial charge in [0.1, 0.15) is 0 Å². The van der Waals surface area contributed by atoms with Crippen LogP contribution in [0.15, 0.2) is 36.1 Å². The average Bonchev–Trinajstić information content (AvgIpc) is 3.21. The first-order chi connectivity index (χ1) is 12.1. The second kappa shape index (κ2) is 8.45. The molecule has 0 fully saturated rings. The standard InChI is InChI=1S/C19H25N3O2S/c1-15(2)12-24-13-16-9-21(11-17-8-20-14-22(17)10-16)19(23)6-5-18-4-3-7-25-18/h3-8,14-16H,9-13H2,1-2H3/b6-5+. The van der Waals surface area contributed by atoms with Crippen LogP contribution < -0.4 is 0 Å². The van der Waals surface area contributed by atoms with E-state index in [4.69, 9.17) is 4.74 Å². The Bertz CT molecular complexity index is 706. The average molecular weight is 359 g/mol. The summed E-state index contributed by atoms with van der Waals surface area (Å²) < 4.78 is 7.98. The molecular formula is C19H25N3O2S. The van der Waals surface area contributed by atoms with Crippen molar-refractivity contribution in [1.82, 2.24) is 14.5 Å². The largest absolute Gasteiger partial charge is 0.381 e. The van der Waals surface area contributed by atoms with Crippen molar-refractivity contribution >= 4 is 23.3 Å². The Morgan fingerprint density at radius 1 is 1.48 bits per heavy atom. The van der Waals surface area contributed by atoms with Crippen LogP contribution in [0.25, 0.3) is 6.08 Å². The highest BCUT2D eigenvalue weighted by Crippen LogP contribution is 2.18. The molecular weight excluding hydrogens is 334 g/mol. The summed E-state index contributed by atoms with van der Waals surface area (Å²) in [6.07, 6.45) is 7.25. The zero-order valence-electron chi connectivity index (χ0n) is 14.8. The highest BCUT2D eigenvalue weighted by Gasteiger charge is 2.24. The molecule has 3 rings (SSSR count). The van der Waals surface area contributed by atoms with Gasteiger partial charge in [-0.15, -0.1) is 11.3 Å². The summed E-state index contributed by atoms with van der Waals surface area (Å²) in [7, 11) is 0. The number of thiophene rings is 1. The smallest absolute Gasteiger partial charge is 0.246 e. The van der Waals surface area contributed by atoms with Crippen molar-refractivity contribution in [1.29, 1.82) is 0 Å². The van der Waals surface area contributed by atoms with Gasteiger partial charge >= 0.3 is 0 Å². The van der Waals surface area contributed by atoms with Gasteiger partial charge in [-0.2, -0.15) is 0 Å². The number of amides is 1. The monoisotopic (exact) mass is 359 g/mol. The minimum Gasteiger partial charge on any atom is -0.381 e. The van der Waals surface area contributed by atoms with Gasteiger partial charge in [-0.3, -0.25) is 4.79 Å². The zero-order valence-corrected chi connectivity index (χ0v) is 15.6. The van der Waals surface area contributed by atoms with Gasteiger partial charge in [-0.05, 0) is 23.4 Å². The van der Waals surface area contributed by atoms with Crippen molar-refractivity contribution in [2.45, 2.75) is 26.9 Å². The summed E-state index contributed by atoms with van der Waals surface area (Å²) in [4.78, 5) is 19.9. The van der Waals surface area contributed by atoms with Crippen LogP contribution in [0.3, 0.4) is 0 Å². The van der Waals surface area contributed by atoms with Crippen molar-refractivity contribution in [2.75, 3.05) is 19.8 Å². The third-order valence-electron chi connectivity index (χ3n) is 4.13. The van der Waals surface area contributed by atoms with Crippen LogP contribution in [0, 0.1) is 11.8 Å². The minimum absolute atomic E-state index is 0.0388. The summed E-state index contributed by atoms with van der Waals surface area (Å²) in [5.41, 5.74) is 1.07. The maximum Gasteiger partial charge on any atom is 0.246 e.